The van der Waals surface area contributed by atoms with Crippen molar-refractivity contribution in [1.82, 2.24) is 15.5 Å². The van der Waals surface area contributed by atoms with Crippen molar-refractivity contribution in [3.63, 3.8) is 0 Å². The zero-order valence-corrected chi connectivity index (χ0v) is 15.0. The Labute approximate surface area is 142 Å². The number of carbonyl (C=O) groups is 2. The maximum Gasteiger partial charge on any atom is 0.261 e. The van der Waals surface area contributed by atoms with Crippen molar-refractivity contribution in [3.05, 3.63) is 21.9 Å². The van der Waals surface area contributed by atoms with E-state index in [0.29, 0.717) is 0 Å². The average molecular weight is 337 g/mol. The molecular weight excluding hydrogens is 310 g/mol. The van der Waals surface area contributed by atoms with Crippen LogP contribution in [0.2, 0.25) is 0 Å². The van der Waals surface area contributed by atoms with Gasteiger partial charge < -0.3 is 10.6 Å². The SMILES string of the molecule is CCCNC(=O)[C@H](C)N1CCC(NC(=O)c2ccc(C)s2)CC1. The Kier molecular flexibility index (Phi) is 6.59. The molecule has 0 radical (unpaired) electrons. The van der Waals surface area contributed by atoms with Gasteiger partial charge in [0.25, 0.3) is 5.91 Å². The molecule has 1 aromatic rings. The number of carbonyl (C=O) groups excluding carboxylic acids is 2. The van der Waals surface area contributed by atoms with Crippen molar-refractivity contribution in [2.45, 2.75) is 52.1 Å². The standard InChI is InChI=1S/C17H27N3O2S/c1-4-9-18-16(21)13(3)20-10-7-14(8-11-20)19-17(22)15-6-5-12(2)23-15/h5-6,13-14H,4,7-11H2,1-3H3,(H,18,21)(H,19,22)/t13-/m0/s1. The molecule has 1 aromatic heterocycles. The molecule has 1 atom stereocenters. The molecule has 1 saturated heterocycles. The lowest BCUT2D eigenvalue weighted by Crippen LogP contribution is -2.51. The van der Waals surface area contributed by atoms with E-state index in [1.54, 1.807) is 0 Å². The first-order valence-electron chi connectivity index (χ1n) is 8.40. The van der Waals surface area contributed by atoms with Gasteiger partial charge in [-0.2, -0.15) is 0 Å². The van der Waals surface area contributed by atoms with Crippen LogP contribution in [0.1, 0.15) is 47.7 Å². The Bertz CT molecular complexity index is 536. The smallest absolute Gasteiger partial charge is 0.261 e. The molecule has 1 aliphatic rings. The summed E-state index contributed by atoms with van der Waals surface area (Å²) in [6.07, 6.45) is 2.73. The van der Waals surface area contributed by atoms with E-state index in [0.717, 1.165) is 48.7 Å². The summed E-state index contributed by atoms with van der Waals surface area (Å²) < 4.78 is 0. The molecule has 2 heterocycles. The molecule has 0 saturated carbocycles. The summed E-state index contributed by atoms with van der Waals surface area (Å²) in [6, 6.07) is 3.95. The molecule has 5 nitrogen and oxygen atoms in total. The van der Waals surface area contributed by atoms with Gasteiger partial charge in [-0.1, -0.05) is 6.92 Å². The first-order chi connectivity index (χ1) is 11.0. The van der Waals surface area contributed by atoms with Crippen molar-refractivity contribution >= 4 is 23.2 Å². The van der Waals surface area contributed by atoms with E-state index in [4.69, 9.17) is 0 Å². The first kappa shape index (κ1) is 17.9. The van der Waals surface area contributed by atoms with Gasteiger partial charge in [0.2, 0.25) is 5.91 Å². The molecule has 2 rings (SSSR count). The third-order valence-electron chi connectivity index (χ3n) is 4.31. The molecular formula is C17H27N3O2S. The molecule has 0 aromatic carbocycles. The highest BCUT2D eigenvalue weighted by atomic mass is 32.1. The van der Waals surface area contributed by atoms with Crippen LogP contribution in [0.5, 0.6) is 0 Å². The number of aryl methyl sites for hydroxylation is 1. The second-order valence-electron chi connectivity index (χ2n) is 6.16. The van der Waals surface area contributed by atoms with E-state index in [2.05, 4.69) is 15.5 Å². The number of nitrogens with zero attached hydrogens (tertiary/aromatic N) is 1. The number of likely N-dealkylation sites (tertiary alicyclic amines) is 1. The van der Waals surface area contributed by atoms with E-state index < -0.39 is 0 Å². The molecule has 6 heteroatoms. The van der Waals surface area contributed by atoms with Crippen LogP contribution in [0.25, 0.3) is 0 Å². The summed E-state index contributed by atoms with van der Waals surface area (Å²) >= 11 is 1.53. The zero-order chi connectivity index (χ0) is 16.8. The third-order valence-corrected chi connectivity index (χ3v) is 5.30. The Morgan fingerprint density at radius 1 is 1.35 bits per heavy atom. The lowest BCUT2D eigenvalue weighted by atomic mass is 10.0. The predicted molar refractivity (Wildman–Crippen MR) is 93.9 cm³/mol. The van der Waals surface area contributed by atoms with Gasteiger partial charge in [-0.05, 0) is 45.2 Å². The lowest BCUT2D eigenvalue weighted by Gasteiger charge is -2.35. The fraction of sp³-hybridized carbons (Fsp3) is 0.647. The van der Waals surface area contributed by atoms with Gasteiger partial charge in [0.1, 0.15) is 0 Å². The summed E-state index contributed by atoms with van der Waals surface area (Å²) in [5, 5.41) is 6.06. The van der Waals surface area contributed by atoms with Crippen LogP contribution in [0.3, 0.4) is 0 Å². The van der Waals surface area contributed by atoms with E-state index >= 15 is 0 Å². The summed E-state index contributed by atoms with van der Waals surface area (Å²) in [5.41, 5.74) is 0. The third kappa shape index (κ3) is 5.04. The Morgan fingerprint density at radius 3 is 2.61 bits per heavy atom. The van der Waals surface area contributed by atoms with Gasteiger partial charge in [0, 0.05) is 30.6 Å². The average Bonchev–Trinajstić information content (AvgIpc) is 2.99. The highest BCUT2D eigenvalue weighted by Crippen LogP contribution is 2.17. The van der Waals surface area contributed by atoms with Crippen molar-refractivity contribution in [1.29, 1.82) is 0 Å². The molecule has 128 valence electrons. The molecule has 1 fully saturated rings. The summed E-state index contributed by atoms with van der Waals surface area (Å²) in [7, 11) is 0. The Hall–Kier alpha value is -1.40. The van der Waals surface area contributed by atoms with E-state index in [-0.39, 0.29) is 23.9 Å². The van der Waals surface area contributed by atoms with Crippen LogP contribution in [-0.2, 0) is 4.79 Å². The molecule has 0 unspecified atom stereocenters. The summed E-state index contributed by atoms with van der Waals surface area (Å²) in [6.45, 7) is 8.43. The van der Waals surface area contributed by atoms with Crippen LogP contribution < -0.4 is 10.6 Å². The molecule has 23 heavy (non-hydrogen) atoms. The highest BCUT2D eigenvalue weighted by Gasteiger charge is 2.27. The van der Waals surface area contributed by atoms with E-state index in [1.807, 2.05) is 32.9 Å². The number of amides is 2. The fourth-order valence-electron chi connectivity index (χ4n) is 2.81. The number of hydrogen-bond acceptors (Lipinski definition) is 4. The molecule has 1 aliphatic heterocycles. The molecule has 0 spiro atoms. The Balaban J connectivity index is 1.77. The van der Waals surface area contributed by atoms with Crippen LogP contribution in [0.15, 0.2) is 12.1 Å². The number of hydrogen-bond donors (Lipinski definition) is 2. The number of thiophene rings is 1. The maximum atomic E-state index is 12.2. The Morgan fingerprint density at radius 2 is 2.04 bits per heavy atom. The zero-order valence-electron chi connectivity index (χ0n) is 14.2. The molecule has 0 aliphatic carbocycles. The summed E-state index contributed by atoms with van der Waals surface area (Å²) in [4.78, 5) is 28.3. The lowest BCUT2D eigenvalue weighted by molar-refractivity contribution is -0.126. The minimum absolute atomic E-state index is 0.0234. The van der Waals surface area contributed by atoms with Crippen LogP contribution in [0.4, 0.5) is 0 Å². The maximum absolute atomic E-state index is 12.2. The first-order valence-corrected chi connectivity index (χ1v) is 9.22. The van der Waals surface area contributed by atoms with Crippen molar-refractivity contribution in [2.75, 3.05) is 19.6 Å². The van der Waals surface area contributed by atoms with Gasteiger partial charge in [-0.25, -0.2) is 0 Å². The van der Waals surface area contributed by atoms with Crippen LogP contribution >= 0.6 is 11.3 Å². The van der Waals surface area contributed by atoms with Gasteiger partial charge in [-0.3, -0.25) is 14.5 Å². The van der Waals surface area contributed by atoms with Crippen molar-refractivity contribution < 1.29 is 9.59 Å². The topological polar surface area (TPSA) is 61.4 Å². The second kappa shape index (κ2) is 8.45. The number of nitrogens with one attached hydrogen (secondary N) is 2. The monoisotopic (exact) mass is 337 g/mol. The molecule has 0 bridgehead atoms. The normalized spacial score (nSPS) is 17.7. The quantitative estimate of drug-likeness (QED) is 0.836. The minimum Gasteiger partial charge on any atom is -0.355 e. The van der Waals surface area contributed by atoms with Crippen molar-refractivity contribution in [2.24, 2.45) is 0 Å². The van der Waals surface area contributed by atoms with Gasteiger partial charge in [-0.15, -0.1) is 11.3 Å². The highest BCUT2D eigenvalue weighted by molar-refractivity contribution is 7.13. The van der Waals surface area contributed by atoms with Gasteiger partial charge in [0.15, 0.2) is 0 Å². The minimum atomic E-state index is -0.0989. The second-order valence-corrected chi connectivity index (χ2v) is 7.45. The van der Waals surface area contributed by atoms with Gasteiger partial charge >= 0.3 is 0 Å². The van der Waals surface area contributed by atoms with Crippen molar-refractivity contribution in [3.8, 4) is 0 Å². The molecule has 2 amide bonds. The summed E-state index contributed by atoms with van der Waals surface area (Å²) in [5.74, 6) is 0.124. The number of piperidine rings is 1. The van der Waals surface area contributed by atoms with Gasteiger partial charge in [0.05, 0.1) is 10.9 Å². The number of rotatable bonds is 6. The van der Waals surface area contributed by atoms with Crippen LogP contribution in [0, 0.1) is 6.92 Å². The molecule has 2 N–H and O–H groups in total. The fourth-order valence-corrected chi connectivity index (χ4v) is 3.58. The predicted octanol–water partition coefficient (Wildman–Crippen LogP) is 2.17. The largest absolute Gasteiger partial charge is 0.355 e. The van der Waals surface area contributed by atoms with E-state index in [9.17, 15) is 9.59 Å². The van der Waals surface area contributed by atoms with E-state index in [1.165, 1.54) is 11.3 Å². The van der Waals surface area contributed by atoms with Crippen LogP contribution in [-0.4, -0.2) is 48.4 Å².